The number of amides is 3. The van der Waals surface area contributed by atoms with E-state index in [-0.39, 0.29) is 17.8 Å². The van der Waals surface area contributed by atoms with Gasteiger partial charge in [-0.1, -0.05) is 0 Å². The second-order valence-electron chi connectivity index (χ2n) is 3.97. The monoisotopic (exact) mass is 329 g/mol. The number of urea groups is 1. The van der Waals surface area contributed by atoms with E-state index in [1.807, 2.05) is 0 Å². The Hall–Kier alpha value is -1.83. The van der Waals surface area contributed by atoms with Crippen molar-refractivity contribution in [2.45, 2.75) is 0 Å². The minimum Gasteiger partial charge on any atom is -0.383 e. The maximum atomic E-state index is 11.8. The predicted octanol–water partition coefficient (Wildman–Crippen LogP) is 0.427. The summed E-state index contributed by atoms with van der Waals surface area (Å²) in [4.78, 5) is 28.3. The molecule has 0 saturated carbocycles. The van der Waals surface area contributed by atoms with Crippen molar-refractivity contribution in [2.24, 2.45) is 0 Å². The quantitative estimate of drug-likeness (QED) is 0.697. The van der Waals surface area contributed by atoms with Gasteiger partial charge in [-0.3, -0.25) is 4.79 Å². The van der Waals surface area contributed by atoms with Gasteiger partial charge in [-0.2, -0.15) is 0 Å². The second kappa shape index (κ2) is 6.93. The molecule has 4 N–H and O–H groups in total. The summed E-state index contributed by atoms with van der Waals surface area (Å²) in [6.07, 6.45) is 1.52. The summed E-state index contributed by atoms with van der Waals surface area (Å²) in [5, 5.41) is 5.28. The van der Waals surface area contributed by atoms with E-state index in [2.05, 4.69) is 31.5 Å². The molecule has 1 heterocycles. The normalized spacial score (nSPS) is 9.84. The molecular formula is C11H16BrN5O2. The van der Waals surface area contributed by atoms with Crippen LogP contribution < -0.4 is 16.4 Å². The lowest BCUT2D eigenvalue weighted by Gasteiger charge is -2.12. The van der Waals surface area contributed by atoms with Gasteiger partial charge >= 0.3 is 6.03 Å². The summed E-state index contributed by atoms with van der Waals surface area (Å²) >= 11 is 3.22. The molecule has 0 atom stereocenters. The summed E-state index contributed by atoms with van der Waals surface area (Å²) in [6, 6.07) is 1.38. The van der Waals surface area contributed by atoms with Gasteiger partial charge in [0.2, 0.25) is 0 Å². The lowest BCUT2D eigenvalue weighted by atomic mass is 10.2. The van der Waals surface area contributed by atoms with Crippen LogP contribution in [0, 0.1) is 0 Å². The molecule has 19 heavy (non-hydrogen) atoms. The third-order valence-electron chi connectivity index (χ3n) is 2.22. The van der Waals surface area contributed by atoms with Crippen molar-refractivity contribution in [2.75, 3.05) is 32.9 Å². The fourth-order valence-electron chi connectivity index (χ4n) is 1.23. The minimum absolute atomic E-state index is 0.165. The number of nitrogens with zero attached hydrogens (tertiary/aromatic N) is 2. The zero-order valence-corrected chi connectivity index (χ0v) is 12.3. The van der Waals surface area contributed by atoms with E-state index in [4.69, 9.17) is 5.73 Å². The van der Waals surface area contributed by atoms with Crippen LogP contribution in [-0.2, 0) is 0 Å². The molecule has 3 amide bonds. The Morgan fingerprint density at radius 1 is 1.37 bits per heavy atom. The number of nitrogens with two attached hydrogens (primary N) is 1. The summed E-state index contributed by atoms with van der Waals surface area (Å²) in [5.74, 6) is -0.163. The maximum Gasteiger partial charge on any atom is 0.316 e. The van der Waals surface area contributed by atoms with E-state index in [9.17, 15) is 9.59 Å². The highest BCUT2D eigenvalue weighted by Gasteiger charge is 2.11. The van der Waals surface area contributed by atoms with Crippen molar-refractivity contribution in [3.63, 3.8) is 0 Å². The first-order valence-electron chi connectivity index (χ1n) is 5.56. The third-order valence-corrected chi connectivity index (χ3v) is 2.66. The van der Waals surface area contributed by atoms with Gasteiger partial charge in [0.05, 0.1) is 5.56 Å². The van der Waals surface area contributed by atoms with Crippen LogP contribution in [0.1, 0.15) is 10.4 Å². The van der Waals surface area contributed by atoms with Crippen molar-refractivity contribution < 1.29 is 9.59 Å². The Bertz CT molecular complexity index is 478. The summed E-state index contributed by atoms with van der Waals surface area (Å²) < 4.78 is 0.674. The van der Waals surface area contributed by atoms with Crippen LogP contribution in [0.3, 0.4) is 0 Å². The van der Waals surface area contributed by atoms with Crippen molar-refractivity contribution >= 4 is 33.7 Å². The number of halogens is 1. The van der Waals surface area contributed by atoms with Crippen molar-refractivity contribution in [1.29, 1.82) is 0 Å². The van der Waals surface area contributed by atoms with Gasteiger partial charge in [-0.15, -0.1) is 0 Å². The predicted molar refractivity (Wildman–Crippen MR) is 75.8 cm³/mol. The highest BCUT2D eigenvalue weighted by Crippen LogP contribution is 2.15. The van der Waals surface area contributed by atoms with Crippen molar-refractivity contribution in [3.05, 3.63) is 22.3 Å². The highest BCUT2D eigenvalue weighted by atomic mass is 79.9. The minimum atomic E-state index is -0.328. The van der Waals surface area contributed by atoms with Crippen LogP contribution in [0.15, 0.2) is 16.7 Å². The SMILES string of the molecule is CN(C)C(=O)NCCNC(=O)c1cc(Br)cnc1N. The van der Waals surface area contributed by atoms with Crippen LogP contribution in [0.5, 0.6) is 0 Å². The molecular weight excluding hydrogens is 314 g/mol. The zero-order valence-electron chi connectivity index (χ0n) is 10.7. The summed E-state index contributed by atoms with van der Waals surface area (Å²) in [7, 11) is 3.28. The Morgan fingerprint density at radius 2 is 2.00 bits per heavy atom. The van der Waals surface area contributed by atoms with E-state index in [1.54, 1.807) is 20.2 Å². The number of nitrogen functional groups attached to an aromatic ring is 1. The molecule has 8 heteroatoms. The molecule has 0 aliphatic carbocycles. The molecule has 104 valence electrons. The first kappa shape index (κ1) is 15.2. The molecule has 7 nitrogen and oxygen atoms in total. The van der Waals surface area contributed by atoms with Crippen LogP contribution in [0.25, 0.3) is 0 Å². The number of pyridine rings is 1. The maximum absolute atomic E-state index is 11.8. The van der Waals surface area contributed by atoms with E-state index >= 15 is 0 Å². The molecule has 0 aromatic carbocycles. The molecule has 0 radical (unpaired) electrons. The standard InChI is InChI=1S/C11H16BrN5O2/c1-17(2)11(19)15-4-3-14-10(18)8-5-7(12)6-16-9(8)13/h5-6H,3-4H2,1-2H3,(H2,13,16)(H,14,18)(H,15,19). The number of hydrogen-bond donors (Lipinski definition) is 3. The Kier molecular flexibility index (Phi) is 5.56. The van der Waals surface area contributed by atoms with Gasteiger partial charge in [0.25, 0.3) is 5.91 Å². The topological polar surface area (TPSA) is 100 Å². The smallest absolute Gasteiger partial charge is 0.316 e. The van der Waals surface area contributed by atoms with E-state index in [1.165, 1.54) is 11.1 Å². The average Bonchev–Trinajstić information content (AvgIpc) is 2.36. The van der Waals surface area contributed by atoms with E-state index in [0.717, 1.165) is 0 Å². The molecule has 1 rings (SSSR count). The highest BCUT2D eigenvalue weighted by molar-refractivity contribution is 9.10. The van der Waals surface area contributed by atoms with Crippen molar-refractivity contribution in [3.8, 4) is 0 Å². The molecule has 0 fully saturated rings. The van der Waals surface area contributed by atoms with Crippen LogP contribution in [0.2, 0.25) is 0 Å². The molecule has 0 saturated heterocycles. The molecule has 0 aliphatic rings. The molecule has 0 bridgehead atoms. The molecule has 1 aromatic rings. The molecule has 0 unspecified atom stereocenters. The van der Waals surface area contributed by atoms with Gasteiger partial charge in [0.1, 0.15) is 5.82 Å². The zero-order chi connectivity index (χ0) is 14.4. The number of anilines is 1. The number of nitrogens with one attached hydrogen (secondary N) is 2. The number of rotatable bonds is 4. The van der Waals surface area contributed by atoms with Gasteiger partial charge in [-0.25, -0.2) is 9.78 Å². The Balaban J connectivity index is 2.44. The van der Waals surface area contributed by atoms with Crippen LogP contribution in [-0.4, -0.2) is 49.0 Å². The fourth-order valence-corrected chi connectivity index (χ4v) is 1.56. The molecule has 0 aliphatic heterocycles. The van der Waals surface area contributed by atoms with Crippen LogP contribution >= 0.6 is 15.9 Å². The molecule has 1 aromatic heterocycles. The lowest BCUT2D eigenvalue weighted by Crippen LogP contribution is -2.39. The first-order valence-corrected chi connectivity index (χ1v) is 6.35. The largest absolute Gasteiger partial charge is 0.383 e. The fraction of sp³-hybridized carbons (Fsp3) is 0.364. The summed E-state index contributed by atoms with van der Waals surface area (Å²) in [6.45, 7) is 0.647. The number of aromatic nitrogens is 1. The average molecular weight is 330 g/mol. The van der Waals surface area contributed by atoms with E-state index < -0.39 is 0 Å². The Morgan fingerprint density at radius 3 is 2.63 bits per heavy atom. The first-order chi connectivity index (χ1) is 8.91. The number of hydrogen-bond acceptors (Lipinski definition) is 4. The summed E-state index contributed by atoms with van der Waals surface area (Å²) in [5.41, 5.74) is 5.91. The second-order valence-corrected chi connectivity index (χ2v) is 4.88. The van der Waals surface area contributed by atoms with Crippen LogP contribution in [0.4, 0.5) is 10.6 Å². The Labute approximate surface area is 119 Å². The van der Waals surface area contributed by atoms with Gasteiger partial charge in [0, 0.05) is 37.9 Å². The molecule has 0 spiro atoms. The van der Waals surface area contributed by atoms with Gasteiger partial charge < -0.3 is 21.3 Å². The third kappa shape index (κ3) is 4.74. The number of carbonyl (C=O) groups excluding carboxylic acids is 2. The van der Waals surface area contributed by atoms with Gasteiger partial charge in [0.15, 0.2) is 0 Å². The number of carbonyl (C=O) groups is 2. The van der Waals surface area contributed by atoms with Gasteiger partial charge in [-0.05, 0) is 22.0 Å². The van der Waals surface area contributed by atoms with Crippen molar-refractivity contribution in [1.82, 2.24) is 20.5 Å². The lowest BCUT2D eigenvalue weighted by molar-refractivity contribution is 0.0954. The van der Waals surface area contributed by atoms with E-state index in [0.29, 0.717) is 23.1 Å².